The number of hydrogen-bond donors (Lipinski definition) is 2. The number of carbonyl (C=O) groups is 1. The van der Waals surface area contributed by atoms with Crippen molar-refractivity contribution in [1.82, 2.24) is 0 Å². The maximum absolute atomic E-state index is 9.91. The molecule has 0 saturated heterocycles. The summed E-state index contributed by atoms with van der Waals surface area (Å²) in [6.07, 6.45) is 2.37. The number of aliphatic carboxylic acids is 1. The van der Waals surface area contributed by atoms with Crippen molar-refractivity contribution in [3.05, 3.63) is 108 Å². The first-order valence-corrected chi connectivity index (χ1v) is 12.6. The van der Waals surface area contributed by atoms with Gasteiger partial charge in [0.15, 0.2) is 0 Å². The summed E-state index contributed by atoms with van der Waals surface area (Å²) >= 11 is 0. The second-order valence-corrected chi connectivity index (χ2v) is 9.63. The number of nitrogens with one attached hydrogen (secondary N) is 2. The molecule has 0 atom stereocenters. The van der Waals surface area contributed by atoms with Crippen molar-refractivity contribution >= 4 is 27.5 Å². The molecule has 0 aromatic heterocycles. The topological polar surface area (TPSA) is 49.0 Å². The zero-order valence-corrected chi connectivity index (χ0v) is 24.6. The first kappa shape index (κ1) is 32.0. The van der Waals surface area contributed by atoms with Gasteiger partial charge in [-0.25, -0.2) is 0 Å². The Bertz CT molecular complexity index is 1190. The molecular weight excluding hydrogens is 524 g/mol. The molecule has 0 unspecified atom stereocenters. The standard InChI is InChI=1S/2C13H15N.C6H10O2.BrH/c2*1-14(2)10-12-8-5-7-11-6-3-4-9-13(11)12;1-3-4-5(2)6(7)8;/h2*3-9H,10H2,1-2H3;4H,3H2,1-2H3,(H,7,8);1H. The molecule has 0 amide bonds. The summed E-state index contributed by atoms with van der Waals surface area (Å²) in [5.41, 5.74) is 3.18. The van der Waals surface area contributed by atoms with Crippen molar-refractivity contribution in [1.29, 1.82) is 0 Å². The van der Waals surface area contributed by atoms with Gasteiger partial charge in [0.2, 0.25) is 0 Å². The van der Waals surface area contributed by atoms with Gasteiger partial charge in [0.25, 0.3) is 0 Å². The van der Waals surface area contributed by atoms with Gasteiger partial charge in [0.1, 0.15) is 13.1 Å². The lowest BCUT2D eigenvalue weighted by Crippen LogP contribution is -3.04. The van der Waals surface area contributed by atoms with Gasteiger partial charge in [-0.1, -0.05) is 97.9 Å². The van der Waals surface area contributed by atoms with Crippen LogP contribution in [0.15, 0.2) is 96.6 Å². The number of quaternary nitrogens is 2. The fourth-order valence-corrected chi connectivity index (χ4v) is 4.04. The van der Waals surface area contributed by atoms with Gasteiger partial charge in [-0.05, 0) is 40.5 Å². The largest absolute Gasteiger partial charge is 1.00 e. The van der Waals surface area contributed by atoms with Crippen molar-refractivity contribution in [2.24, 2.45) is 0 Å². The third-order valence-electron chi connectivity index (χ3n) is 5.68. The predicted octanol–water partition coefficient (Wildman–Crippen LogP) is 0.0652. The highest BCUT2D eigenvalue weighted by atomic mass is 79.9. The summed E-state index contributed by atoms with van der Waals surface area (Å²) in [6.45, 7) is 5.58. The molecule has 4 rings (SSSR count). The van der Waals surface area contributed by atoms with E-state index in [9.17, 15) is 9.90 Å². The predicted molar refractivity (Wildman–Crippen MR) is 150 cm³/mol. The molecule has 0 aliphatic rings. The van der Waals surface area contributed by atoms with Crippen LogP contribution in [0.1, 0.15) is 31.4 Å². The van der Waals surface area contributed by atoms with E-state index in [0.717, 1.165) is 19.5 Å². The molecule has 37 heavy (non-hydrogen) atoms. The molecule has 4 aromatic carbocycles. The van der Waals surface area contributed by atoms with Crippen LogP contribution in [0, 0.1) is 0 Å². The minimum atomic E-state index is -1.08. The van der Waals surface area contributed by atoms with Gasteiger partial charge in [-0.3, -0.25) is 0 Å². The summed E-state index contributed by atoms with van der Waals surface area (Å²) in [7, 11) is 8.73. The highest BCUT2D eigenvalue weighted by Gasteiger charge is 2.03. The van der Waals surface area contributed by atoms with Crippen LogP contribution in [-0.4, -0.2) is 34.2 Å². The van der Waals surface area contributed by atoms with E-state index in [0.29, 0.717) is 5.57 Å². The van der Waals surface area contributed by atoms with Gasteiger partial charge in [0.05, 0.1) is 34.2 Å². The van der Waals surface area contributed by atoms with E-state index in [1.807, 2.05) is 6.92 Å². The van der Waals surface area contributed by atoms with E-state index in [1.54, 1.807) is 6.08 Å². The average Bonchev–Trinajstić information content (AvgIpc) is 2.85. The Balaban J connectivity index is 0.000000286. The van der Waals surface area contributed by atoms with Gasteiger partial charge >= 0.3 is 0 Å². The molecule has 0 radical (unpaired) electrons. The quantitative estimate of drug-likeness (QED) is 0.325. The smallest absolute Gasteiger partial charge is 0.103 e. The number of carboxylic acid groups (broad SMARTS) is 1. The number of benzene rings is 4. The van der Waals surface area contributed by atoms with Gasteiger partial charge in [-0.2, -0.15) is 0 Å². The summed E-state index contributed by atoms with van der Waals surface area (Å²) < 4.78 is 0. The van der Waals surface area contributed by atoms with Gasteiger partial charge in [0, 0.05) is 11.1 Å². The molecule has 0 aliphatic carbocycles. The van der Waals surface area contributed by atoms with Crippen LogP contribution in [0.3, 0.4) is 0 Å². The molecule has 0 bridgehead atoms. The Morgan fingerprint density at radius 3 is 1.41 bits per heavy atom. The number of carboxylic acids is 1. The summed E-state index contributed by atoms with van der Waals surface area (Å²) in [5, 5.41) is 15.4. The fraction of sp³-hybridized carbons (Fsp3) is 0.281. The molecule has 0 aliphatic heterocycles. The highest BCUT2D eigenvalue weighted by Crippen LogP contribution is 2.18. The molecular formula is C32H41BrN2O2. The lowest BCUT2D eigenvalue weighted by Gasteiger charge is -2.09. The number of fused-ring (bicyclic) bond motifs is 2. The van der Waals surface area contributed by atoms with Crippen LogP contribution in [0.4, 0.5) is 0 Å². The molecule has 198 valence electrons. The number of rotatable bonds is 6. The summed E-state index contributed by atoms with van der Waals surface area (Å²) in [6, 6.07) is 30.2. The van der Waals surface area contributed by atoms with E-state index >= 15 is 0 Å². The van der Waals surface area contributed by atoms with Crippen LogP contribution in [0.25, 0.3) is 21.5 Å². The van der Waals surface area contributed by atoms with Crippen molar-refractivity contribution in [3.8, 4) is 0 Å². The number of allylic oxidation sites excluding steroid dienone is 1. The molecule has 5 heteroatoms. The van der Waals surface area contributed by atoms with E-state index < -0.39 is 5.97 Å². The average molecular weight is 566 g/mol. The van der Waals surface area contributed by atoms with Crippen LogP contribution in [0.2, 0.25) is 0 Å². The lowest BCUT2D eigenvalue weighted by molar-refractivity contribution is -0.872. The van der Waals surface area contributed by atoms with Crippen LogP contribution in [-0.2, 0) is 17.9 Å². The number of hydrogen-bond acceptors (Lipinski definition) is 2. The normalized spacial score (nSPS) is 10.9. The van der Waals surface area contributed by atoms with Gasteiger partial charge in [-0.15, -0.1) is 0 Å². The Labute approximate surface area is 233 Å². The van der Waals surface area contributed by atoms with Crippen LogP contribution in [0.5, 0.6) is 0 Å². The lowest BCUT2D eigenvalue weighted by atomic mass is 10.0. The Morgan fingerprint density at radius 1 is 0.703 bits per heavy atom. The molecule has 0 spiro atoms. The number of halogens is 1. The minimum absolute atomic E-state index is 0. The van der Waals surface area contributed by atoms with Crippen LogP contribution < -0.4 is 31.9 Å². The van der Waals surface area contributed by atoms with Gasteiger partial charge < -0.3 is 36.7 Å². The summed E-state index contributed by atoms with van der Waals surface area (Å²) in [5.74, 6) is -1.08. The monoisotopic (exact) mass is 564 g/mol. The first-order valence-electron chi connectivity index (χ1n) is 12.6. The molecule has 0 fully saturated rings. The number of carbonyl (C=O) groups excluding carboxylic acids is 1. The zero-order chi connectivity index (χ0) is 26.5. The maximum atomic E-state index is 9.91. The molecule has 0 saturated carbocycles. The Hall–Kier alpha value is -2.99. The maximum Gasteiger partial charge on any atom is 0.103 e. The molecule has 4 aromatic rings. The Kier molecular flexibility index (Phi) is 14.5. The minimum Gasteiger partial charge on any atom is -1.00 e. The first-order chi connectivity index (χ1) is 17.2. The van der Waals surface area contributed by atoms with Crippen molar-refractivity contribution < 1.29 is 36.7 Å². The van der Waals surface area contributed by atoms with Crippen molar-refractivity contribution in [2.45, 2.75) is 33.4 Å². The SMILES string of the molecule is CCC=C(C)C(=O)[O-].C[NH+](C)Cc1cccc2ccccc12.C[NH+](C)Cc1cccc2ccccc12.[Br-]. The zero-order valence-electron chi connectivity index (χ0n) is 23.0. The highest BCUT2D eigenvalue weighted by molar-refractivity contribution is 5.86. The molecule has 2 N–H and O–H groups in total. The van der Waals surface area contributed by atoms with Crippen LogP contribution >= 0.6 is 0 Å². The van der Waals surface area contributed by atoms with E-state index in [1.165, 1.54) is 49.4 Å². The second-order valence-electron chi connectivity index (χ2n) is 9.63. The molecule has 0 heterocycles. The third kappa shape index (κ3) is 10.9. The second kappa shape index (κ2) is 16.7. The van der Waals surface area contributed by atoms with E-state index in [4.69, 9.17) is 0 Å². The third-order valence-corrected chi connectivity index (χ3v) is 5.68. The molecule has 4 nitrogen and oxygen atoms in total. The van der Waals surface area contributed by atoms with Crippen molar-refractivity contribution in [2.75, 3.05) is 28.2 Å². The summed E-state index contributed by atoms with van der Waals surface area (Å²) in [4.78, 5) is 12.8. The Morgan fingerprint density at radius 2 is 1.08 bits per heavy atom. The fourth-order valence-electron chi connectivity index (χ4n) is 4.04. The van der Waals surface area contributed by atoms with E-state index in [2.05, 4.69) is 113 Å². The van der Waals surface area contributed by atoms with Crippen molar-refractivity contribution in [3.63, 3.8) is 0 Å². The van der Waals surface area contributed by atoms with E-state index in [-0.39, 0.29) is 17.0 Å².